The lowest BCUT2D eigenvalue weighted by molar-refractivity contribution is 0.235. The van der Waals surface area contributed by atoms with Gasteiger partial charge in [0, 0.05) is 18.2 Å². The van der Waals surface area contributed by atoms with E-state index in [0.717, 1.165) is 12.1 Å². The molecule has 2 nitrogen and oxygen atoms in total. The van der Waals surface area contributed by atoms with E-state index in [1.807, 2.05) is 24.3 Å². The van der Waals surface area contributed by atoms with E-state index in [1.165, 1.54) is 36.5 Å². The normalized spacial score (nSPS) is 16.5. The highest BCUT2D eigenvalue weighted by atomic mass is 16.3. The first kappa shape index (κ1) is 12.5. The van der Waals surface area contributed by atoms with Gasteiger partial charge >= 0.3 is 0 Å². The highest BCUT2D eigenvalue weighted by molar-refractivity contribution is 5.87. The van der Waals surface area contributed by atoms with E-state index in [4.69, 9.17) is 0 Å². The van der Waals surface area contributed by atoms with E-state index >= 15 is 0 Å². The lowest BCUT2D eigenvalue weighted by atomic mass is 10.0. The zero-order valence-corrected chi connectivity index (χ0v) is 11.5. The predicted molar refractivity (Wildman–Crippen MR) is 79.3 cm³/mol. The number of rotatable bonds is 3. The number of phenols is 1. The Morgan fingerprint density at radius 1 is 1.11 bits per heavy atom. The van der Waals surface area contributed by atoms with Crippen LogP contribution in [0.3, 0.4) is 0 Å². The molecular formula is C17H21NO. The average Bonchev–Trinajstić information content (AvgIpc) is 2.96. The number of hydrogen-bond donors (Lipinski definition) is 1. The first-order valence-corrected chi connectivity index (χ1v) is 7.15. The summed E-state index contributed by atoms with van der Waals surface area (Å²) in [6.07, 6.45) is 5.27. The van der Waals surface area contributed by atoms with Crippen molar-refractivity contribution < 1.29 is 5.11 Å². The van der Waals surface area contributed by atoms with Gasteiger partial charge in [-0.2, -0.15) is 0 Å². The topological polar surface area (TPSA) is 23.5 Å². The van der Waals surface area contributed by atoms with Gasteiger partial charge in [0.25, 0.3) is 0 Å². The van der Waals surface area contributed by atoms with Gasteiger partial charge in [0.15, 0.2) is 0 Å². The predicted octanol–water partition coefficient (Wildman–Crippen LogP) is 3.92. The molecule has 0 amide bonds. The van der Waals surface area contributed by atoms with Crippen molar-refractivity contribution in [1.29, 1.82) is 0 Å². The maximum atomic E-state index is 10.2. The van der Waals surface area contributed by atoms with Crippen molar-refractivity contribution in [1.82, 2.24) is 4.90 Å². The quantitative estimate of drug-likeness (QED) is 0.898. The molecule has 1 fully saturated rings. The standard InChI is InChI=1S/C17H21NO/c1-18(14-7-3-4-8-14)12-16-15-9-5-2-6-13(15)10-11-17(16)19/h2,5-6,9-11,14,19H,3-4,7-8,12H2,1H3. The van der Waals surface area contributed by atoms with Gasteiger partial charge in [-0.3, -0.25) is 4.90 Å². The molecule has 0 heterocycles. The molecule has 0 unspecified atom stereocenters. The Bertz CT molecular complexity index is 572. The summed E-state index contributed by atoms with van der Waals surface area (Å²) in [4.78, 5) is 2.40. The monoisotopic (exact) mass is 255 g/mol. The van der Waals surface area contributed by atoms with E-state index in [-0.39, 0.29) is 0 Å². The zero-order chi connectivity index (χ0) is 13.2. The van der Waals surface area contributed by atoms with Crippen LogP contribution in [0.4, 0.5) is 0 Å². The van der Waals surface area contributed by atoms with Crippen molar-refractivity contribution in [3.63, 3.8) is 0 Å². The second-order valence-corrected chi connectivity index (χ2v) is 5.64. The molecule has 0 aromatic heterocycles. The molecule has 2 heteroatoms. The van der Waals surface area contributed by atoms with Crippen LogP contribution < -0.4 is 0 Å². The lowest BCUT2D eigenvalue weighted by Crippen LogP contribution is -2.28. The Balaban J connectivity index is 1.92. The van der Waals surface area contributed by atoms with Gasteiger partial charge in [0.05, 0.1) is 0 Å². The molecule has 0 spiro atoms. The van der Waals surface area contributed by atoms with Crippen molar-refractivity contribution in [2.24, 2.45) is 0 Å². The Labute approximate surface area is 114 Å². The molecule has 0 saturated heterocycles. The van der Waals surface area contributed by atoms with Crippen molar-refractivity contribution in [3.8, 4) is 5.75 Å². The van der Waals surface area contributed by atoms with Gasteiger partial charge in [-0.15, -0.1) is 0 Å². The van der Waals surface area contributed by atoms with Crippen LogP contribution >= 0.6 is 0 Å². The third-order valence-electron chi connectivity index (χ3n) is 4.37. The second-order valence-electron chi connectivity index (χ2n) is 5.64. The highest BCUT2D eigenvalue weighted by Gasteiger charge is 2.20. The first-order chi connectivity index (χ1) is 9.25. The fourth-order valence-electron chi connectivity index (χ4n) is 3.21. The number of fused-ring (bicyclic) bond motifs is 1. The van der Waals surface area contributed by atoms with Crippen molar-refractivity contribution >= 4 is 10.8 Å². The summed E-state index contributed by atoms with van der Waals surface area (Å²) < 4.78 is 0. The van der Waals surface area contributed by atoms with Gasteiger partial charge in [0.1, 0.15) is 5.75 Å². The molecule has 0 bridgehead atoms. The van der Waals surface area contributed by atoms with Crippen molar-refractivity contribution in [2.45, 2.75) is 38.3 Å². The molecule has 0 atom stereocenters. The van der Waals surface area contributed by atoms with E-state index in [2.05, 4.69) is 24.1 Å². The number of phenolic OH excluding ortho intramolecular Hbond substituents is 1. The number of aromatic hydroxyl groups is 1. The van der Waals surface area contributed by atoms with Crippen LogP contribution in [0.25, 0.3) is 10.8 Å². The van der Waals surface area contributed by atoms with Gasteiger partial charge in [-0.25, -0.2) is 0 Å². The summed E-state index contributed by atoms with van der Waals surface area (Å²) in [6, 6.07) is 12.8. The van der Waals surface area contributed by atoms with Gasteiger partial charge in [-0.1, -0.05) is 43.2 Å². The number of hydrogen-bond acceptors (Lipinski definition) is 2. The summed E-state index contributed by atoms with van der Waals surface area (Å²) >= 11 is 0. The third-order valence-corrected chi connectivity index (χ3v) is 4.37. The van der Waals surface area contributed by atoms with Crippen LogP contribution in [0.5, 0.6) is 5.75 Å². The lowest BCUT2D eigenvalue weighted by Gasteiger charge is -2.25. The number of nitrogens with zero attached hydrogens (tertiary/aromatic N) is 1. The maximum absolute atomic E-state index is 10.2. The first-order valence-electron chi connectivity index (χ1n) is 7.15. The van der Waals surface area contributed by atoms with E-state index < -0.39 is 0 Å². The van der Waals surface area contributed by atoms with Gasteiger partial charge in [0.2, 0.25) is 0 Å². The molecule has 1 aliphatic rings. The molecule has 3 rings (SSSR count). The summed E-state index contributed by atoms with van der Waals surface area (Å²) in [6.45, 7) is 0.831. The van der Waals surface area contributed by atoms with Crippen LogP contribution in [0, 0.1) is 0 Å². The maximum Gasteiger partial charge on any atom is 0.120 e. The zero-order valence-electron chi connectivity index (χ0n) is 11.5. The molecule has 100 valence electrons. The summed E-state index contributed by atoms with van der Waals surface area (Å²) in [5.74, 6) is 0.420. The fourth-order valence-corrected chi connectivity index (χ4v) is 3.21. The molecular weight excluding hydrogens is 234 g/mol. The minimum absolute atomic E-state index is 0.420. The second kappa shape index (κ2) is 5.22. The van der Waals surface area contributed by atoms with E-state index in [0.29, 0.717) is 11.8 Å². The van der Waals surface area contributed by atoms with Crippen molar-refractivity contribution in [3.05, 3.63) is 42.0 Å². The van der Waals surface area contributed by atoms with Crippen LogP contribution in [0.1, 0.15) is 31.2 Å². The summed E-state index contributed by atoms with van der Waals surface area (Å²) in [5.41, 5.74) is 1.06. The molecule has 0 radical (unpaired) electrons. The van der Waals surface area contributed by atoms with Gasteiger partial charge < -0.3 is 5.11 Å². The Kier molecular flexibility index (Phi) is 3.43. The fraction of sp³-hybridized carbons (Fsp3) is 0.412. The Morgan fingerprint density at radius 3 is 2.63 bits per heavy atom. The largest absolute Gasteiger partial charge is 0.508 e. The van der Waals surface area contributed by atoms with Crippen LogP contribution in [0.2, 0.25) is 0 Å². The average molecular weight is 255 g/mol. The Hall–Kier alpha value is -1.54. The molecule has 2 aromatic rings. The van der Waals surface area contributed by atoms with E-state index in [9.17, 15) is 5.11 Å². The number of benzene rings is 2. The molecule has 0 aliphatic heterocycles. The van der Waals surface area contributed by atoms with Crippen molar-refractivity contribution in [2.75, 3.05) is 7.05 Å². The smallest absolute Gasteiger partial charge is 0.120 e. The summed E-state index contributed by atoms with van der Waals surface area (Å²) in [5, 5.41) is 12.6. The molecule has 1 saturated carbocycles. The van der Waals surface area contributed by atoms with Crippen LogP contribution in [-0.2, 0) is 6.54 Å². The van der Waals surface area contributed by atoms with Crippen LogP contribution in [-0.4, -0.2) is 23.1 Å². The minimum Gasteiger partial charge on any atom is -0.508 e. The Morgan fingerprint density at radius 2 is 1.84 bits per heavy atom. The molecule has 2 aromatic carbocycles. The van der Waals surface area contributed by atoms with Crippen LogP contribution in [0.15, 0.2) is 36.4 Å². The molecule has 1 N–H and O–H groups in total. The highest BCUT2D eigenvalue weighted by Crippen LogP contribution is 2.30. The minimum atomic E-state index is 0.420. The van der Waals surface area contributed by atoms with E-state index in [1.54, 1.807) is 0 Å². The summed E-state index contributed by atoms with van der Waals surface area (Å²) in [7, 11) is 2.18. The SMILES string of the molecule is CN(Cc1c(O)ccc2ccccc12)C1CCCC1. The molecule has 19 heavy (non-hydrogen) atoms. The molecule has 1 aliphatic carbocycles. The third kappa shape index (κ3) is 2.45. The van der Waals surface area contributed by atoms with Gasteiger partial charge in [-0.05, 0) is 36.7 Å².